The average molecular weight is 315 g/mol. The van der Waals surface area contributed by atoms with Crippen LogP contribution in [0.3, 0.4) is 0 Å². The van der Waals surface area contributed by atoms with Crippen molar-refractivity contribution >= 4 is 17.5 Å². The predicted molar refractivity (Wildman–Crippen MR) is 65.7 cm³/mol. The maximum absolute atomic E-state index is 13.1. The Hall–Kier alpha value is -1.90. The number of halogens is 3. The van der Waals surface area contributed by atoms with Gasteiger partial charge in [-0.05, 0) is 19.8 Å². The molecule has 4 heterocycles. The number of aromatic nitrogens is 2. The van der Waals surface area contributed by atoms with Gasteiger partial charge in [-0.3, -0.25) is 14.7 Å². The molecule has 3 saturated heterocycles. The lowest BCUT2D eigenvalue weighted by molar-refractivity contribution is -0.140. The zero-order valence-electron chi connectivity index (χ0n) is 11.5. The summed E-state index contributed by atoms with van der Waals surface area (Å²) in [5.41, 5.74) is -1.67. The zero-order valence-corrected chi connectivity index (χ0v) is 11.5. The van der Waals surface area contributed by atoms with Gasteiger partial charge in [-0.2, -0.15) is 18.3 Å². The summed E-state index contributed by atoms with van der Waals surface area (Å²) in [4.78, 5) is 25.7. The number of hydrogen-bond donors (Lipinski definition) is 1. The summed E-state index contributed by atoms with van der Waals surface area (Å²) < 4.78 is 44.8. The van der Waals surface area contributed by atoms with E-state index in [1.165, 1.54) is 6.92 Å². The fourth-order valence-corrected chi connectivity index (χ4v) is 3.83. The Kier molecular flexibility index (Phi) is 2.56. The Bertz CT molecular complexity index is 656. The number of ether oxygens (including phenoxy) is 1. The number of nitrogens with one attached hydrogen (secondary N) is 1. The van der Waals surface area contributed by atoms with Crippen LogP contribution in [0.1, 0.15) is 24.2 Å². The molecule has 2 bridgehead atoms. The van der Waals surface area contributed by atoms with E-state index in [2.05, 4.69) is 10.2 Å². The van der Waals surface area contributed by atoms with E-state index in [9.17, 15) is 22.8 Å². The summed E-state index contributed by atoms with van der Waals surface area (Å²) in [6, 6.07) is 0. The third-order valence-corrected chi connectivity index (χ3v) is 4.69. The van der Waals surface area contributed by atoms with Crippen molar-refractivity contribution in [3.63, 3.8) is 0 Å². The number of rotatable bonds is 1. The van der Waals surface area contributed by atoms with Gasteiger partial charge in [0.1, 0.15) is 5.69 Å². The molecule has 22 heavy (non-hydrogen) atoms. The highest BCUT2D eigenvalue weighted by molar-refractivity contribution is 6.23. The van der Waals surface area contributed by atoms with Gasteiger partial charge in [0.15, 0.2) is 5.69 Å². The number of aromatic amines is 1. The molecule has 118 valence electrons. The number of carbonyl (C=O) groups is 2. The van der Waals surface area contributed by atoms with Crippen molar-refractivity contribution in [3.8, 4) is 0 Å². The van der Waals surface area contributed by atoms with Crippen LogP contribution >= 0.6 is 0 Å². The third kappa shape index (κ3) is 1.57. The van der Waals surface area contributed by atoms with Crippen LogP contribution in [0.4, 0.5) is 18.9 Å². The van der Waals surface area contributed by atoms with Crippen molar-refractivity contribution in [1.29, 1.82) is 0 Å². The maximum Gasteiger partial charge on any atom is 0.437 e. The Morgan fingerprint density at radius 1 is 1.18 bits per heavy atom. The van der Waals surface area contributed by atoms with Gasteiger partial charge in [0, 0.05) is 0 Å². The molecule has 0 aromatic carbocycles. The first-order valence-corrected chi connectivity index (χ1v) is 6.96. The fourth-order valence-electron chi connectivity index (χ4n) is 3.83. The number of aryl methyl sites for hydroxylation is 1. The molecule has 0 unspecified atom stereocenters. The van der Waals surface area contributed by atoms with Crippen molar-refractivity contribution in [2.75, 3.05) is 4.90 Å². The molecule has 3 aliphatic rings. The van der Waals surface area contributed by atoms with Crippen molar-refractivity contribution in [1.82, 2.24) is 10.2 Å². The number of H-pyrrole nitrogens is 1. The van der Waals surface area contributed by atoms with Gasteiger partial charge in [-0.1, -0.05) is 0 Å². The molecule has 0 radical (unpaired) electrons. The van der Waals surface area contributed by atoms with Crippen LogP contribution in [0, 0.1) is 18.8 Å². The molecule has 1 aromatic rings. The summed E-state index contributed by atoms with van der Waals surface area (Å²) in [5, 5.41) is 5.44. The Labute approximate surface area is 122 Å². The van der Waals surface area contributed by atoms with Crippen LogP contribution in [0.25, 0.3) is 0 Å². The predicted octanol–water partition coefficient (Wildman–Crippen LogP) is 1.40. The van der Waals surface area contributed by atoms with E-state index in [1.807, 2.05) is 0 Å². The van der Waals surface area contributed by atoms with Crippen LogP contribution in [-0.4, -0.2) is 34.2 Å². The quantitative estimate of drug-likeness (QED) is 0.795. The molecule has 4 atom stereocenters. The van der Waals surface area contributed by atoms with Gasteiger partial charge >= 0.3 is 6.18 Å². The number of carbonyl (C=O) groups excluding carboxylic acids is 2. The fraction of sp³-hybridized carbons (Fsp3) is 0.615. The van der Waals surface area contributed by atoms with Crippen LogP contribution in [0.5, 0.6) is 0 Å². The molecule has 9 heteroatoms. The van der Waals surface area contributed by atoms with Crippen LogP contribution < -0.4 is 4.90 Å². The van der Waals surface area contributed by atoms with Crippen molar-refractivity contribution < 1.29 is 27.5 Å². The van der Waals surface area contributed by atoms with Gasteiger partial charge in [0.2, 0.25) is 11.8 Å². The number of anilines is 1. The minimum absolute atomic E-state index is 0.0438. The highest BCUT2D eigenvalue weighted by Crippen LogP contribution is 2.50. The highest BCUT2D eigenvalue weighted by Gasteiger charge is 2.63. The Morgan fingerprint density at radius 2 is 1.73 bits per heavy atom. The second-order valence-electron chi connectivity index (χ2n) is 5.90. The molecule has 1 aromatic heterocycles. The van der Waals surface area contributed by atoms with Crippen molar-refractivity contribution in [3.05, 3.63) is 11.4 Å². The minimum atomic E-state index is -4.74. The SMILES string of the molecule is Cc1[nH]nc(C(F)(F)F)c1N1C(=O)[C@@H]2[C@H](C1=O)[C@H]1CC[C@H]2O1. The van der Waals surface area contributed by atoms with Gasteiger partial charge in [0.05, 0.1) is 29.7 Å². The Balaban J connectivity index is 1.80. The van der Waals surface area contributed by atoms with Crippen LogP contribution in [0.2, 0.25) is 0 Å². The molecule has 1 N–H and O–H groups in total. The van der Waals surface area contributed by atoms with E-state index in [-0.39, 0.29) is 17.9 Å². The first kappa shape index (κ1) is 13.7. The number of alkyl halides is 3. The molecular formula is C13H12F3N3O3. The average Bonchev–Trinajstić information content (AvgIpc) is 3.14. The number of fused-ring (bicyclic) bond motifs is 5. The van der Waals surface area contributed by atoms with E-state index >= 15 is 0 Å². The molecular weight excluding hydrogens is 303 g/mol. The number of nitrogens with zero attached hydrogens (tertiary/aromatic N) is 2. The van der Waals surface area contributed by atoms with Crippen LogP contribution in [0.15, 0.2) is 0 Å². The lowest BCUT2D eigenvalue weighted by Crippen LogP contribution is -2.35. The monoisotopic (exact) mass is 315 g/mol. The summed E-state index contributed by atoms with van der Waals surface area (Å²) >= 11 is 0. The Morgan fingerprint density at radius 3 is 2.23 bits per heavy atom. The number of hydrogen-bond acceptors (Lipinski definition) is 4. The van der Waals surface area contributed by atoms with Gasteiger partial charge < -0.3 is 4.74 Å². The smallest absolute Gasteiger partial charge is 0.373 e. The van der Waals surface area contributed by atoms with E-state index in [4.69, 9.17) is 4.74 Å². The first-order valence-electron chi connectivity index (χ1n) is 6.96. The van der Waals surface area contributed by atoms with Crippen molar-refractivity contribution in [2.24, 2.45) is 11.8 Å². The lowest BCUT2D eigenvalue weighted by atomic mass is 9.81. The maximum atomic E-state index is 13.1. The first-order chi connectivity index (χ1) is 10.3. The topological polar surface area (TPSA) is 75.3 Å². The normalized spacial score (nSPS) is 33.9. The largest absolute Gasteiger partial charge is 0.437 e. The van der Waals surface area contributed by atoms with E-state index < -0.39 is 41.2 Å². The second-order valence-corrected chi connectivity index (χ2v) is 5.90. The van der Waals surface area contributed by atoms with Gasteiger partial charge in [-0.25, -0.2) is 4.90 Å². The molecule has 0 aliphatic carbocycles. The summed E-state index contributed by atoms with van der Waals surface area (Å²) in [6.45, 7) is 1.36. The van der Waals surface area contributed by atoms with Crippen LogP contribution in [-0.2, 0) is 20.5 Å². The van der Waals surface area contributed by atoms with E-state index in [1.54, 1.807) is 0 Å². The molecule has 0 saturated carbocycles. The zero-order chi connectivity index (χ0) is 15.8. The summed E-state index contributed by atoms with van der Waals surface area (Å²) in [6.07, 6.45) is -4.14. The molecule has 2 amide bonds. The van der Waals surface area contributed by atoms with Gasteiger partial charge in [-0.15, -0.1) is 0 Å². The summed E-state index contributed by atoms with van der Waals surface area (Å²) in [5.74, 6) is -2.56. The van der Waals surface area contributed by atoms with Gasteiger partial charge in [0.25, 0.3) is 0 Å². The van der Waals surface area contributed by atoms with Crippen molar-refractivity contribution in [2.45, 2.75) is 38.1 Å². The lowest BCUT2D eigenvalue weighted by Gasteiger charge is -2.19. The molecule has 3 aliphatic heterocycles. The number of imide groups is 1. The minimum Gasteiger partial charge on any atom is -0.373 e. The molecule has 6 nitrogen and oxygen atoms in total. The standard InChI is InChI=1S/C13H12F3N3O3/c1-4-9(10(18-17-4)13(14,15)16)19-11(20)7-5-2-3-6(22-5)8(7)12(19)21/h5-8H,2-3H2,1H3,(H,17,18)/t5-,6-,7-,8+/m1/s1. The molecule has 3 fully saturated rings. The molecule has 4 rings (SSSR count). The third-order valence-electron chi connectivity index (χ3n) is 4.69. The second kappa shape index (κ2) is 4.09. The highest BCUT2D eigenvalue weighted by atomic mass is 19.4. The number of amides is 2. The van der Waals surface area contributed by atoms with E-state index in [0.717, 1.165) is 0 Å². The van der Waals surface area contributed by atoms with E-state index in [0.29, 0.717) is 17.7 Å². The summed E-state index contributed by atoms with van der Waals surface area (Å²) in [7, 11) is 0. The molecule has 0 spiro atoms.